The molecule has 1 aliphatic heterocycles. The average Bonchev–Trinajstić information content (AvgIpc) is 2.79. The van der Waals surface area contributed by atoms with Crippen molar-refractivity contribution in [2.45, 2.75) is 6.42 Å². The first-order valence-corrected chi connectivity index (χ1v) is 5.68. The molecule has 0 radical (unpaired) electrons. The fraction of sp³-hybridized carbons (Fsp3) is 0.417. The Balaban J connectivity index is 2.02. The second kappa shape index (κ2) is 5.20. The van der Waals surface area contributed by atoms with Gasteiger partial charge in [-0.15, -0.1) is 0 Å². The molecule has 3 nitrogen and oxygen atoms in total. The summed E-state index contributed by atoms with van der Waals surface area (Å²) in [6.07, 6.45) is 1.08. The van der Waals surface area contributed by atoms with Crippen molar-refractivity contribution >= 4 is 17.3 Å². The highest BCUT2D eigenvalue weighted by atomic mass is 35.5. The summed E-state index contributed by atoms with van der Waals surface area (Å²) in [5, 5.41) is 12.8. The number of nitrogens with one attached hydrogen (secondary N) is 1. The summed E-state index contributed by atoms with van der Waals surface area (Å²) in [6, 6.07) is 7.39. The molecule has 1 heterocycles. The van der Waals surface area contributed by atoms with E-state index >= 15 is 0 Å². The molecular weight excluding hydrogens is 224 g/mol. The van der Waals surface area contributed by atoms with Gasteiger partial charge in [-0.2, -0.15) is 5.26 Å². The fourth-order valence-corrected chi connectivity index (χ4v) is 1.93. The first-order chi connectivity index (χ1) is 7.79. The zero-order valence-corrected chi connectivity index (χ0v) is 9.63. The first kappa shape index (κ1) is 11.3. The molecule has 0 amide bonds. The van der Waals surface area contributed by atoms with E-state index in [2.05, 4.69) is 11.4 Å². The van der Waals surface area contributed by atoms with Gasteiger partial charge in [0.25, 0.3) is 0 Å². The van der Waals surface area contributed by atoms with Crippen LogP contribution in [0.3, 0.4) is 0 Å². The lowest BCUT2D eigenvalue weighted by Gasteiger charge is -2.12. The van der Waals surface area contributed by atoms with Crippen molar-refractivity contribution in [3.8, 4) is 6.07 Å². The summed E-state index contributed by atoms with van der Waals surface area (Å²) in [5.74, 6) is 0.533. The van der Waals surface area contributed by atoms with Crippen LogP contribution in [0.1, 0.15) is 12.0 Å². The number of anilines is 1. The highest BCUT2D eigenvalue weighted by Gasteiger charge is 2.15. The molecule has 1 aliphatic rings. The molecule has 1 fully saturated rings. The molecule has 0 aliphatic carbocycles. The molecule has 0 saturated carbocycles. The average molecular weight is 237 g/mol. The van der Waals surface area contributed by atoms with E-state index in [-0.39, 0.29) is 0 Å². The van der Waals surface area contributed by atoms with Crippen molar-refractivity contribution in [3.05, 3.63) is 28.8 Å². The summed E-state index contributed by atoms with van der Waals surface area (Å²) in [5.41, 5.74) is 1.44. The summed E-state index contributed by atoms with van der Waals surface area (Å²) >= 11 is 5.90. The third kappa shape index (κ3) is 2.66. The molecule has 1 aromatic rings. The lowest BCUT2D eigenvalue weighted by Crippen LogP contribution is -2.14. The van der Waals surface area contributed by atoms with Crippen LogP contribution in [0.5, 0.6) is 0 Å². The van der Waals surface area contributed by atoms with Gasteiger partial charge >= 0.3 is 0 Å². The molecule has 2 rings (SSSR count). The van der Waals surface area contributed by atoms with Gasteiger partial charge in [0, 0.05) is 24.1 Å². The van der Waals surface area contributed by atoms with Gasteiger partial charge in [0.2, 0.25) is 0 Å². The Labute approximate surface area is 100.0 Å². The monoisotopic (exact) mass is 236 g/mol. The Morgan fingerprint density at radius 3 is 3.12 bits per heavy atom. The van der Waals surface area contributed by atoms with Gasteiger partial charge in [0.15, 0.2) is 0 Å². The zero-order chi connectivity index (χ0) is 11.4. The van der Waals surface area contributed by atoms with Crippen molar-refractivity contribution < 1.29 is 4.74 Å². The maximum Gasteiger partial charge on any atom is 0.101 e. The minimum absolute atomic E-state index is 0.533. The summed E-state index contributed by atoms with van der Waals surface area (Å²) in [4.78, 5) is 0. The number of ether oxygens (including phenoxy) is 1. The molecule has 84 valence electrons. The SMILES string of the molecule is N#Cc1ccc(Cl)cc1NC[C@H]1CCOC1. The van der Waals surface area contributed by atoms with Crippen LogP contribution in [0.25, 0.3) is 0 Å². The van der Waals surface area contributed by atoms with Crippen LogP contribution >= 0.6 is 11.6 Å². The van der Waals surface area contributed by atoms with Crippen LogP contribution in [0, 0.1) is 17.2 Å². The summed E-state index contributed by atoms with van der Waals surface area (Å²) < 4.78 is 5.29. The molecule has 1 atom stereocenters. The van der Waals surface area contributed by atoms with E-state index in [4.69, 9.17) is 21.6 Å². The largest absolute Gasteiger partial charge is 0.384 e. The second-order valence-electron chi connectivity index (χ2n) is 3.91. The maximum atomic E-state index is 8.94. The van der Waals surface area contributed by atoms with Crippen LogP contribution in [0.15, 0.2) is 18.2 Å². The standard InChI is InChI=1S/C12H13ClN2O/c13-11-2-1-10(6-14)12(5-11)15-7-9-3-4-16-8-9/h1-2,5,9,15H,3-4,7-8H2/t9-/m1/s1. The van der Waals surface area contributed by atoms with Crippen LogP contribution in [0.2, 0.25) is 5.02 Å². The van der Waals surface area contributed by atoms with Gasteiger partial charge in [0.05, 0.1) is 17.9 Å². The molecule has 0 spiro atoms. The summed E-state index contributed by atoms with van der Waals surface area (Å²) in [6.45, 7) is 2.47. The normalized spacial score (nSPS) is 19.4. The van der Waals surface area contributed by atoms with E-state index in [0.717, 1.165) is 31.9 Å². The van der Waals surface area contributed by atoms with E-state index in [1.807, 2.05) is 0 Å². The molecule has 0 unspecified atom stereocenters. The van der Waals surface area contributed by atoms with Gasteiger partial charge in [-0.1, -0.05) is 11.6 Å². The Bertz CT molecular complexity index is 408. The van der Waals surface area contributed by atoms with E-state index in [9.17, 15) is 0 Å². The Morgan fingerprint density at radius 1 is 1.56 bits per heavy atom. The number of benzene rings is 1. The van der Waals surface area contributed by atoms with E-state index in [1.54, 1.807) is 18.2 Å². The molecular formula is C12H13ClN2O. The zero-order valence-electron chi connectivity index (χ0n) is 8.87. The van der Waals surface area contributed by atoms with Crippen LogP contribution in [-0.4, -0.2) is 19.8 Å². The lowest BCUT2D eigenvalue weighted by atomic mass is 10.1. The highest BCUT2D eigenvalue weighted by Crippen LogP contribution is 2.21. The maximum absolute atomic E-state index is 8.94. The van der Waals surface area contributed by atoms with Crippen LogP contribution in [0.4, 0.5) is 5.69 Å². The topological polar surface area (TPSA) is 45.0 Å². The van der Waals surface area contributed by atoms with E-state index in [1.165, 1.54) is 0 Å². The number of hydrogen-bond acceptors (Lipinski definition) is 3. The van der Waals surface area contributed by atoms with Crippen molar-refractivity contribution in [2.24, 2.45) is 5.92 Å². The summed E-state index contributed by atoms with van der Waals surface area (Å²) in [7, 11) is 0. The number of nitrogens with zero attached hydrogens (tertiary/aromatic N) is 1. The minimum Gasteiger partial charge on any atom is -0.384 e. The highest BCUT2D eigenvalue weighted by molar-refractivity contribution is 6.30. The Kier molecular flexibility index (Phi) is 3.66. The number of hydrogen-bond donors (Lipinski definition) is 1. The predicted octanol–water partition coefficient (Wildman–Crippen LogP) is 2.66. The van der Waals surface area contributed by atoms with Gasteiger partial charge < -0.3 is 10.1 Å². The number of halogens is 1. The number of rotatable bonds is 3. The van der Waals surface area contributed by atoms with Crippen molar-refractivity contribution in [1.82, 2.24) is 0 Å². The minimum atomic E-state index is 0.533. The van der Waals surface area contributed by atoms with E-state index in [0.29, 0.717) is 16.5 Å². The van der Waals surface area contributed by atoms with Gasteiger partial charge in [-0.25, -0.2) is 0 Å². The Morgan fingerprint density at radius 2 is 2.44 bits per heavy atom. The molecule has 1 saturated heterocycles. The first-order valence-electron chi connectivity index (χ1n) is 5.31. The quantitative estimate of drug-likeness (QED) is 0.878. The predicted molar refractivity (Wildman–Crippen MR) is 63.6 cm³/mol. The van der Waals surface area contributed by atoms with E-state index < -0.39 is 0 Å². The third-order valence-corrected chi connectivity index (χ3v) is 2.94. The third-order valence-electron chi connectivity index (χ3n) is 2.71. The second-order valence-corrected chi connectivity index (χ2v) is 4.35. The molecule has 0 aromatic heterocycles. The van der Waals surface area contributed by atoms with Crippen molar-refractivity contribution in [2.75, 3.05) is 25.1 Å². The Hall–Kier alpha value is -1.24. The molecule has 1 N–H and O–H groups in total. The molecule has 4 heteroatoms. The van der Waals surface area contributed by atoms with Crippen molar-refractivity contribution in [3.63, 3.8) is 0 Å². The molecule has 16 heavy (non-hydrogen) atoms. The van der Waals surface area contributed by atoms with Gasteiger partial charge in [-0.3, -0.25) is 0 Å². The van der Waals surface area contributed by atoms with Crippen LogP contribution < -0.4 is 5.32 Å². The van der Waals surface area contributed by atoms with Gasteiger partial charge in [-0.05, 0) is 24.6 Å². The fourth-order valence-electron chi connectivity index (χ4n) is 1.76. The van der Waals surface area contributed by atoms with Crippen LogP contribution in [-0.2, 0) is 4.74 Å². The lowest BCUT2D eigenvalue weighted by molar-refractivity contribution is 0.187. The smallest absolute Gasteiger partial charge is 0.101 e. The van der Waals surface area contributed by atoms with Gasteiger partial charge in [0.1, 0.15) is 6.07 Å². The molecule has 1 aromatic carbocycles. The molecule has 0 bridgehead atoms. The number of nitriles is 1. The van der Waals surface area contributed by atoms with Crippen molar-refractivity contribution in [1.29, 1.82) is 5.26 Å².